The summed E-state index contributed by atoms with van der Waals surface area (Å²) in [5.74, 6) is -1.14. The van der Waals surface area contributed by atoms with Crippen LogP contribution in [0.2, 0.25) is 18.1 Å². The first-order valence-electron chi connectivity index (χ1n) is 21.0. The number of ether oxygens (including phenoxy) is 2. The van der Waals surface area contributed by atoms with E-state index in [0.717, 1.165) is 42.9 Å². The predicted molar refractivity (Wildman–Crippen MR) is 217 cm³/mol. The number of methoxy groups -OCH3 is 1. The van der Waals surface area contributed by atoms with Crippen molar-refractivity contribution in [3.05, 3.63) is 59.2 Å². The van der Waals surface area contributed by atoms with Crippen LogP contribution in [-0.4, -0.2) is 101 Å². The van der Waals surface area contributed by atoms with Gasteiger partial charge in [0.1, 0.15) is 5.75 Å². The Labute approximate surface area is 337 Å². The van der Waals surface area contributed by atoms with Crippen LogP contribution >= 0.6 is 0 Å². The smallest absolute Gasteiger partial charge is 0.416 e. The molecular weight excluding hydrogens is 755 g/mol. The van der Waals surface area contributed by atoms with Crippen molar-refractivity contribution in [1.82, 2.24) is 9.80 Å². The van der Waals surface area contributed by atoms with Gasteiger partial charge in [0, 0.05) is 63.0 Å². The Hall–Kier alpha value is -3.16. The fraction of sp³-hybridized carbons (Fsp3) is 0.682. The van der Waals surface area contributed by atoms with E-state index in [-0.39, 0.29) is 48.1 Å². The summed E-state index contributed by atoms with van der Waals surface area (Å²) in [6.07, 6.45) is 1.31. The predicted octanol–water partition coefficient (Wildman–Crippen LogP) is 9.34. The Bertz CT molecular complexity index is 1690. The number of hydrogen-bond donors (Lipinski definition) is 0. The van der Waals surface area contributed by atoms with E-state index in [4.69, 9.17) is 13.9 Å². The van der Waals surface area contributed by atoms with Crippen LogP contribution in [0.3, 0.4) is 0 Å². The first kappa shape index (κ1) is 43.4. The van der Waals surface area contributed by atoms with E-state index in [1.807, 2.05) is 29.2 Å². The number of hydrogen-bond acceptors (Lipinski definition) is 7. The number of amides is 1. The molecule has 3 saturated heterocycles. The topological polar surface area (TPSA) is 71.6 Å². The highest BCUT2D eigenvalue weighted by Gasteiger charge is 2.56. The molecular formula is C44H63F4N3O5Si. The van der Waals surface area contributed by atoms with E-state index in [1.165, 1.54) is 6.07 Å². The van der Waals surface area contributed by atoms with Crippen LogP contribution in [0.25, 0.3) is 0 Å². The van der Waals surface area contributed by atoms with Crippen molar-refractivity contribution in [3.63, 3.8) is 0 Å². The number of esters is 1. The van der Waals surface area contributed by atoms with Gasteiger partial charge in [-0.15, -0.1) is 0 Å². The van der Waals surface area contributed by atoms with Crippen molar-refractivity contribution in [2.75, 3.05) is 57.9 Å². The quantitative estimate of drug-likeness (QED) is 0.135. The summed E-state index contributed by atoms with van der Waals surface area (Å²) >= 11 is 0. The normalized spacial score (nSPS) is 26.1. The Morgan fingerprint density at radius 3 is 2.07 bits per heavy atom. The summed E-state index contributed by atoms with van der Waals surface area (Å²) in [5, 5.41) is 0.122. The first-order valence-corrected chi connectivity index (χ1v) is 23.9. The van der Waals surface area contributed by atoms with E-state index in [0.29, 0.717) is 69.8 Å². The van der Waals surface area contributed by atoms with Gasteiger partial charge in [-0.25, -0.2) is 4.39 Å². The van der Waals surface area contributed by atoms with Crippen LogP contribution in [-0.2, 0) is 24.9 Å². The monoisotopic (exact) mass is 817 g/mol. The van der Waals surface area contributed by atoms with Gasteiger partial charge in [-0.05, 0) is 118 Å². The third-order valence-corrected chi connectivity index (χ3v) is 18.3. The summed E-state index contributed by atoms with van der Waals surface area (Å²) in [5.41, 5.74) is -0.767. The summed E-state index contributed by atoms with van der Waals surface area (Å²) in [4.78, 5) is 32.7. The van der Waals surface area contributed by atoms with Crippen LogP contribution in [0.4, 0.5) is 23.2 Å². The molecule has 13 heteroatoms. The fourth-order valence-corrected chi connectivity index (χ4v) is 10.7. The van der Waals surface area contributed by atoms with Crippen molar-refractivity contribution < 1.29 is 41.1 Å². The molecule has 1 saturated carbocycles. The second kappa shape index (κ2) is 17.2. The molecule has 2 aromatic carbocycles. The lowest BCUT2D eigenvalue weighted by molar-refractivity contribution is -0.148. The molecule has 8 nitrogen and oxygen atoms in total. The average molecular weight is 818 g/mol. The zero-order valence-electron chi connectivity index (χ0n) is 34.9. The van der Waals surface area contributed by atoms with Crippen molar-refractivity contribution in [1.29, 1.82) is 0 Å². The second-order valence-electron chi connectivity index (χ2n) is 18.3. The summed E-state index contributed by atoms with van der Waals surface area (Å²) in [6, 6.07) is 11.5. The van der Waals surface area contributed by atoms with E-state index in [2.05, 4.69) is 38.8 Å². The number of piperidine rings is 2. The summed E-state index contributed by atoms with van der Waals surface area (Å²) in [7, 11) is -0.332. The van der Waals surface area contributed by atoms with Crippen LogP contribution in [0.5, 0.6) is 5.75 Å². The lowest BCUT2D eigenvalue weighted by atomic mass is 9.83. The Morgan fingerprint density at radius 1 is 0.877 bits per heavy atom. The zero-order chi connectivity index (χ0) is 41.3. The largest absolute Gasteiger partial charge is 0.497 e. The standard InChI is InChI=1S/C44H63F4N3O5Si/c1-8-55-40(52)32-21-23-49(24-22-32)39-27-33(44(46,47)48)11-18-37(39)30-19-25-50(26-20-30)41(53)43(45)29-51(28-38(43)31-9-14-35(54-5)15-10-31)34-12-16-36(17-13-34)56-57(6,7)42(2,3)4/h9-11,14-15,18,27,30,32,34,36,38H,8,12-13,16-17,19-26,28-29H2,1-7H3/t34-,36-,38-,43-/m0/s1. The number of rotatable bonds is 10. The minimum Gasteiger partial charge on any atom is -0.497 e. The zero-order valence-corrected chi connectivity index (χ0v) is 35.9. The molecule has 6 rings (SSSR count). The van der Waals surface area contributed by atoms with Gasteiger partial charge >= 0.3 is 12.1 Å². The van der Waals surface area contributed by atoms with Gasteiger partial charge in [0.25, 0.3) is 5.91 Å². The molecule has 0 bridgehead atoms. The van der Waals surface area contributed by atoms with Crippen LogP contribution in [0.15, 0.2) is 42.5 Å². The molecule has 2 atom stereocenters. The molecule has 0 N–H and O–H groups in total. The summed E-state index contributed by atoms with van der Waals surface area (Å²) in [6.45, 7) is 15.3. The van der Waals surface area contributed by atoms with Gasteiger partial charge in [-0.2, -0.15) is 13.2 Å². The Balaban J connectivity index is 1.16. The van der Waals surface area contributed by atoms with Gasteiger partial charge in [-0.3, -0.25) is 14.5 Å². The van der Waals surface area contributed by atoms with Gasteiger partial charge in [-0.1, -0.05) is 39.0 Å². The molecule has 2 aromatic rings. The highest BCUT2D eigenvalue weighted by molar-refractivity contribution is 6.74. The Kier molecular flexibility index (Phi) is 13.1. The fourth-order valence-electron chi connectivity index (χ4n) is 9.28. The van der Waals surface area contributed by atoms with Crippen LogP contribution < -0.4 is 9.64 Å². The average Bonchev–Trinajstić information content (AvgIpc) is 3.55. The Morgan fingerprint density at radius 2 is 1.51 bits per heavy atom. The van der Waals surface area contributed by atoms with Crippen molar-refractivity contribution >= 4 is 25.9 Å². The van der Waals surface area contributed by atoms with Crippen molar-refractivity contribution in [2.24, 2.45) is 5.92 Å². The second-order valence-corrected chi connectivity index (χ2v) is 23.0. The number of halogens is 4. The van der Waals surface area contributed by atoms with E-state index < -0.39 is 37.6 Å². The minimum absolute atomic E-state index is 0.0195. The van der Waals surface area contributed by atoms with Gasteiger partial charge in [0.2, 0.25) is 5.67 Å². The van der Waals surface area contributed by atoms with Gasteiger partial charge < -0.3 is 23.7 Å². The molecule has 0 radical (unpaired) electrons. The molecule has 3 heterocycles. The maximum absolute atomic E-state index is 17.8. The molecule has 3 aliphatic heterocycles. The number of likely N-dealkylation sites (tertiary alicyclic amines) is 2. The number of carbonyl (C=O) groups is 2. The number of nitrogens with zero attached hydrogens (tertiary/aromatic N) is 3. The molecule has 4 fully saturated rings. The molecule has 57 heavy (non-hydrogen) atoms. The third kappa shape index (κ3) is 9.51. The molecule has 316 valence electrons. The minimum atomic E-state index is -4.50. The summed E-state index contributed by atoms with van der Waals surface area (Å²) < 4.78 is 77.1. The number of carbonyl (C=O) groups excluding carboxylic acids is 2. The number of benzene rings is 2. The molecule has 1 aliphatic carbocycles. The molecule has 4 aliphatic rings. The van der Waals surface area contributed by atoms with Crippen LogP contribution in [0, 0.1) is 5.92 Å². The third-order valence-electron chi connectivity index (χ3n) is 13.7. The lowest BCUT2D eigenvalue weighted by Crippen LogP contribution is -2.53. The van der Waals surface area contributed by atoms with Gasteiger partial charge in [0.05, 0.1) is 25.2 Å². The van der Waals surface area contributed by atoms with Crippen LogP contribution in [0.1, 0.15) is 108 Å². The molecule has 1 amide bonds. The van der Waals surface area contributed by atoms with Gasteiger partial charge in [0.15, 0.2) is 8.32 Å². The van der Waals surface area contributed by atoms with Crippen molar-refractivity contribution in [3.8, 4) is 5.75 Å². The number of alkyl halides is 4. The highest BCUT2D eigenvalue weighted by atomic mass is 28.4. The SMILES string of the molecule is CCOC(=O)C1CCN(c2cc(C(F)(F)F)ccc2C2CCN(C(=O)[C@]3(F)CN([C@H]4CC[C@H](O[Si](C)(C)C(C)(C)C)CC4)C[C@H]3c3ccc(OC)cc3)CC2)CC1. The maximum atomic E-state index is 17.8. The van der Waals surface area contributed by atoms with E-state index >= 15 is 4.39 Å². The number of anilines is 1. The van der Waals surface area contributed by atoms with E-state index in [9.17, 15) is 22.8 Å². The first-order chi connectivity index (χ1) is 26.8. The molecule has 0 aromatic heterocycles. The molecule has 0 unspecified atom stereocenters. The maximum Gasteiger partial charge on any atom is 0.416 e. The highest BCUT2D eigenvalue weighted by Crippen LogP contribution is 2.46. The van der Waals surface area contributed by atoms with E-state index in [1.54, 1.807) is 25.0 Å². The molecule has 0 spiro atoms. The lowest BCUT2D eigenvalue weighted by Gasteiger charge is -2.42. The van der Waals surface area contributed by atoms with Crippen molar-refractivity contribution in [2.45, 2.75) is 133 Å².